The molecule has 0 saturated carbocycles. The van der Waals surface area contributed by atoms with Gasteiger partial charge in [0.25, 0.3) is 0 Å². The fraction of sp³-hybridized carbons (Fsp3) is 0.625. The van der Waals surface area contributed by atoms with E-state index in [1.807, 2.05) is 19.9 Å². The number of carboxylic acid groups (broad SMARTS) is 1. The molecule has 1 N–H and O–H groups in total. The van der Waals surface area contributed by atoms with Crippen LogP contribution in [0.25, 0.3) is 0 Å². The van der Waals surface area contributed by atoms with Crippen LogP contribution in [0, 0.1) is 5.92 Å². The summed E-state index contributed by atoms with van der Waals surface area (Å²) in [6.07, 6.45) is 2.60. The summed E-state index contributed by atoms with van der Waals surface area (Å²) in [5.74, 6) is -0.975. The second kappa shape index (κ2) is 4.09. The van der Waals surface area contributed by atoms with E-state index in [2.05, 4.69) is 0 Å². The van der Waals surface area contributed by atoms with E-state index in [0.717, 1.165) is 5.57 Å². The predicted octanol–water partition coefficient (Wildman–Crippen LogP) is 2.06. The molecular weight excluding hydrogens is 128 g/mol. The highest BCUT2D eigenvalue weighted by Gasteiger charge is 2.09. The first kappa shape index (κ1) is 9.21. The van der Waals surface area contributed by atoms with Crippen LogP contribution in [0.4, 0.5) is 0 Å². The zero-order chi connectivity index (χ0) is 8.15. The quantitative estimate of drug-likeness (QED) is 0.612. The molecule has 0 radical (unpaired) electrons. The number of aliphatic carboxylic acids is 1. The first-order valence-corrected chi connectivity index (χ1v) is 3.42. The van der Waals surface area contributed by atoms with E-state index >= 15 is 0 Å². The number of carbonyl (C=O) groups is 1. The van der Waals surface area contributed by atoms with Crippen molar-refractivity contribution in [2.24, 2.45) is 5.92 Å². The van der Waals surface area contributed by atoms with Crippen molar-refractivity contribution in [2.45, 2.75) is 27.2 Å². The van der Waals surface area contributed by atoms with Crippen LogP contribution in [0.5, 0.6) is 0 Å². The summed E-state index contributed by atoms with van der Waals surface area (Å²) in [4.78, 5) is 10.3. The smallest absolute Gasteiger partial charge is 0.306 e. The van der Waals surface area contributed by atoms with Gasteiger partial charge in [-0.25, -0.2) is 0 Å². The number of rotatable bonds is 3. The summed E-state index contributed by atoms with van der Waals surface area (Å²) in [7, 11) is 0. The van der Waals surface area contributed by atoms with Gasteiger partial charge >= 0.3 is 5.97 Å². The van der Waals surface area contributed by atoms with Crippen LogP contribution in [0.15, 0.2) is 11.6 Å². The summed E-state index contributed by atoms with van der Waals surface area (Å²) in [6, 6.07) is 0. The molecule has 0 aliphatic rings. The number of allylic oxidation sites excluding steroid dienone is 2. The molecular formula is C8H14O2. The van der Waals surface area contributed by atoms with Crippen LogP contribution in [-0.4, -0.2) is 11.1 Å². The maximum absolute atomic E-state index is 10.3. The Morgan fingerprint density at radius 3 is 2.50 bits per heavy atom. The molecule has 0 saturated heterocycles. The fourth-order valence-corrected chi connectivity index (χ4v) is 0.688. The third-order valence-corrected chi connectivity index (χ3v) is 1.54. The summed E-state index contributed by atoms with van der Waals surface area (Å²) < 4.78 is 0. The van der Waals surface area contributed by atoms with Crippen molar-refractivity contribution in [1.29, 1.82) is 0 Å². The van der Waals surface area contributed by atoms with Gasteiger partial charge in [0.1, 0.15) is 0 Å². The number of hydrogen-bond acceptors (Lipinski definition) is 1. The van der Waals surface area contributed by atoms with E-state index in [1.165, 1.54) is 0 Å². The Morgan fingerprint density at radius 1 is 1.70 bits per heavy atom. The summed E-state index contributed by atoms with van der Waals surface area (Å²) in [6.45, 7) is 5.58. The third kappa shape index (κ3) is 3.28. The molecule has 0 fully saturated rings. The highest BCUT2D eigenvalue weighted by molar-refractivity contribution is 5.69. The second-order valence-corrected chi connectivity index (χ2v) is 2.58. The van der Waals surface area contributed by atoms with E-state index < -0.39 is 5.97 Å². The predicted molar refractivity (Wildman–Crippen MR) is 40.8 cm³/mol. The Bertz CT molecular complexity index is 147. The van der Waals surface area contributed by atoms with Gasteiger partial charge in [0.05, 0.1) is 5.92 Å². The molecule has 0 bridgehead atoms. The van der Waals surface area contributed by atoms with Crippen LogP contribution >= 0.6 is 0 Å². The van der Waals surface area contributed by atoms with Crippen molar-refractivity contribution in [3.63, 3.8) is 0 Å². The van der Waals surface area contributed by atoms with E-state index in [0.29, 0.717) is 6.42 Å². The van der Waals surface area contributed by atoms with Crippen LogP contribution in [0.3, 0.4) is 0 Å². The molecule has 0 aliphatic carbocycles. The Labute approximate surface area is 61.6 Å². The molecule has 0 spiro atoms. The molecule has 0 aliphatic heterocycles. The molecule has 0 aromatic rings. The zero-order valence-corrected chi connectivity index (χ0v) is 6.72. The van der Waals surface area contributed by atoms with Crippen molar-refractivity contribution in [1.82, 2.24) is 0 Å². The van der Waals surface area contributed by atoms with Crippen molar-refractivity contribution < 1.29 is 9.90 Å². The van der Waals surface area contributed by atoms with E-state index in [4.69, 9.17) is 5.11 Å². The maximum atomic E-state index is 10.3. The van der Waals surface area contributed by atoms with Gasteiger partial charge in [-0.3, -0.25) is 4.79 Å². The molecule has 2 heteroatoms. The van der Waals surface area contributed by atoms with Crippen molar-refractivity contribution in [2.75, 3.05) is 0 Å². The van der Waals surface area contributed by atoms with Crippen molar-refractivity contribution in [3.05, 3.63) is 11.6 Å². The van der Waals surface area contributed by atoms with Crippen LogP contribution in [-0.2, 0) is 4.79 Å². The van der Waals surface area contributed by atoms with Gasteiger partial charge in [-0.1, -0.05) is 18.6 Å². The minimum absolute atomic E-state index is 0.254. The van der Waals surface area contributed by atoms with Crippen LogP contribution < -0.4 is 0 Å². The lowest BCUT2D eigenvalue weighted by Gasteiger charge is -2.04. The van der Waals surface area contributed by atoms with Gasteiger partial charge in [0.15, 0.2) is 0 Å². The normalized spacial score (nSPS) is 14.9. The second-order valence-electron chi connectivity index (χ2n) is 2.58. The number of hydrogen-bond donors (Lipinski definition) is 1. The van der Waals surface area contributed by atoms with Gasteiger partial charge in [-0.2, -0.15) is 0 Å². The van der Waals surface area contributed by atoms with E-state index in [1.54, 1.807) is 6.92 Å². The topological polar surface area (TPSA) is 37.3 Å². The van der Waals surface area contributed by atoms with Crippen molar-refractivity contribution in [3.8, 4) is 0 Å². The highest BCUT2D eigenvalue weighted by Crippen LogP contribution is 2.09. The van der Waals surface area contributed by atoms with Gasteiger partial charge in [-0.15, -0.1) is 0 Å². The summed E-state index contributed by atoms with van der Waals surface area (Å²) in [5.41, 5.74) is 1.13. The highest BCUT2D eigenvalue weighted by atomic mass is 16.4. The Kier molecular flexibility index (Phi) is 3.77. The molecule has 2 nitrogen and oxygen atoms in total. The van der Waals surface area contributed by atoms with Gasteiger partial charge in [0, 0.05) is 0 Å². The average molecular weight is 142 g/mol. The molecule has 1 unspecified atom stereocenters. The molecule has 58 valence electrons. The molecule has 0 aromatic carbocycles. The Hall–Kier alpha value is -0.790. The fourth-order valence-electron chi connectivity index (χ4n) is 0.688. The monoisotopic (exact) mass is 142 g/mol. The van der Waals surface area contributed by atoms with E-state index in [-0.39, 0.29) is 5.92 Å². The largest absolute Gasteiger partial charge is 0.481 e. The molecule has 1 atom stereocenters. The lowest BCUT2D eigenvalue weighted by Crippen LogP contribution is -2.09. The molecule has 0 aromatic heterocycles. The summed E-state index contributed by atoms with van der Waals surface area (Å²) in [5, 5.41) is 8.50. The standard InChI is InChI=1S/C8H14O2/c1-4-6(2)5-7(3)8(9)10/h4,7H,5H2,1-3H3,(H,9,10)/b6-4-. The van der Waals surface area contributed by atoms with Crippen molar-refractivity contribution >= 4 is 5.97 Å². The molecule has 10 heavy (non-hydrogen) atoms. The minimum Gasteiger partial charge on any atom is -0.481 e. The molecule has 0 amide bonds. The van der Waals surface area contributed by atoms with Crippen LogP contribution in [0.2, 0.25) is 0 Å². The first-order valence-electron chi connectivity index (χ1n) is 3.42. The average Bonchev–Trinajstić information content (AvgIpc) is 1.87. The third-order valence-electron chi connectivity index (χ3n) is 1.54. The minimum atomic E-state index is -0.721. The van der Waals surface area contributed by atoms with E-state index in [9.17, 15) is 4.79 Å². The zero-order valence-electron chi connectivity index (χ0n) is 6.72. The lowest BCUT2D eigenvalue weighted by molar-refractivity contribution is -0.141. The molecule has 0 heterocycles. The summed E-state index contributed by atoms with van der Waals surface area (Å²) >= 11 is 0. The van der Waals surface area contributed by atoms with Crippen LogP contribution in [0.1, 0.15) is 27.2 Å². The Morgan fingerprint density at radius 2 is 2.20 bits per heavy atom. The SMILES string of the molecule is C/C=C(/C)CC(C)C(=O)O. The number of carboxylic acids is 1. The first-order chi connectivity index (χ1) is 4.57. The Balaban J connectivity index is 3.80. The van der Waals surface area contributed by atoms with Gasteiger partial charge in [-0.05, 0) is 20.3 Å². The van der Waals surface area contributed by atoms with Gasteiger partial charge in [0.2, 0.25) is 0 Å². The lowest BCUT2D eigenvalue weighted by atomic mass is 10.0. The maximum Gasteiger partial charge on any atom is 0.306 e. The molecule has 0 rings (SSSR count). The van der Waals surface area contributed by atoms with Gasteiger partial charge < -0.3 is 5.11 Å².